The number of nitrogens with one attached hydrogen (secondary N) is 2. The first kappa shape index (κ1) is 46.5. The summed E-state index contributed by atoms with van der Waals surface area (Å²) in [5.74, 6) is 0.393. The molecular weight excluding hydrogens is 653 g/mol. The van der Waals surface area contributed by atoms with Gasteiger partial charge in [-0.15, -0.1) is 0 Å². The van der Waals surface area contributed by atoms with Crippen LogP contribution >= 0.6 is 0 Å². The van der Waals surface area contributed by atoms with Crippen molar-refractivity contribution >= 4 is 35.7 Å². The second-order valence-corrected chi connectivity index (χ2v) is 22.6. The first-order valence-corrected chi connectivity index (χ1v) is 27.1. The maximum atomic E-state index is 6.07. The van der Waals surface area contributed by atoms with Crippen molar-refractivity contribution < 1.29 is 35.4 Å². The van der Waals surface area contributed by atoms with Gasteiger partial charge < -0.3 is 46.0 Å². The quantitative estimate of drug-likeness (QED) is 0.0429. The van der Waals surface area contributed by atoms with Crippen LogP contribution in [0.15, 0.2) is 0 Å². The fourth-order valence-electron chi connectivity index (χ4n) is 5.92. The summed E-state index contributed by atoms with van der Waals surface area (Å²) in [5.41, 5.74) is 0. The molecule has 0 saturated carbocycles. The Balaban J connectivity index is 4.84. The average molecular weight is 729 g/mol. The SMILES string of the molecule is CCO[Si](C)(CCCCCCCC[SiH2]C(NCCC[Si](OCC)(OCC)OCC)NCCC[Si](OCC)(OCC)OCC)OCC. The fourth-order valence-corrected chi connectivity index (χ4v) is 15.5. The Morgan fingerprint density at radius 1 is 0.435 bits per heavy atom. The summed E-state index contributed by atoms with van der Waals surface area (Å²) >= 11 is 0. The molecule has 0 rings (SSSR count). The smallest absolute Gasteiger partial charge is 0.395 e. The number of hydrogen-bond donors (Lipinski definition) is 2. The molecule has 0 saturated heterocycles. The second-order valence-electron chi connectivity index (χ2n) is 11.6. The lowest BCUT2D eigenvalue weighted by Crippen LogP contribution is -2.50. The third-order valence-electron chi connectivity index (χ3n) is 7.81. The first-order valence-electron chi connectivity index (χ1n) is 18.9. The van der Waals surface area contributed by atoms with Gasteiger partial charge in [0.1, 0.15) is 0 Å². The van der Waals surface area contributed by atoms with E-state index in [-0.39, 0.29) is 9.52 Å². The molecule has 46 heavy (non-hydrogen) atoms. The number of rotatable bonds is 36. The zero-order valence-electron chi connectivity index (χ0n) is 31.6. The molecule has 0 aromatic heterocycles. The number of unbranched alkanes of at least 4 members (excludes halogenated alkanes) is 5. The van der Waals surface area contributed by atoms with Gasteiger partial charge >= 0.3 is 26.2 Å². The standard InChI is InChI=1S/C32H76N2O8Si4/c1-10-35-44(9,36-11-2)29-23-21-19-18-20-22-28-43-32(33-26-24-30-45(37-12-3,38-13-4)39-14-5)34-27-25-31-46(40-15-6,41-16-7)42-17-8/h32-34H,10-31,43H2,1-9H3. The summed E-state index contributed by atoms with van der Waals surface area (Å²) in [6, 6.07) is 4.13. The van der Waals surface area contributed by atoms with E-state index in [0.29, 0.717) is 45.4 Å². The molecule has 0 spiro atoms. The van der Waals surface area contributed by atoms with Gasteiger partial charge in [-0.05, 0) is 93.9 Å². The van der Waals surface area contributed by atoms with Gasteiger partial charge in [0, 0.05) is 70.7 Å². The van der Waals surface area contributed by atoms with E-state index in [2.05, 4.69) is 31.0 Å². The van der Waals surface area contributed by atoms with Crippen LogP contribution in [0.3, 0.4) is 0 Å². The topological polar surface area (TPSA) is 97.9 Å². The van der Waals surface area contributed by atoms with Crippen LogP contribution in [0.1, 0.15) is 107 Å². The van der Waals surface area contributed by atoms with E-state index in [1.165, 1.54) is 44.6 Å². The van der Waals surface area contributed by atoms with E-state index >= 15 is 0 Å². The van der Waals surface area contributed by atoms with Gasteiger partial charge in [-0.2, -0.15) is 0 Å². The minimum atomic E-state index is -2.61. The van der Waals surface area contributed by atoms with Crippen molar-refractivity contribution in [3.05, 3.63) is 0 Å². The van der Waals surface area contributed by atoms with Gasteiger partial charge in [-0.3, -0.25) is 0 Å². The normalized spacial score (nSPS) is 13.2. The van der Waals surface area contributed by atoms with Gasteiger partial charge in [-0.25, -0.2) is 0 Å². The minimum Gasteiger partial charge on any atom is -0.395 e. The number of hydrogen-bond acceptors (Lipinski definition) is 10. The maximum Gasteiger partial charge on any atom is 0.500 e. The molecule has 0 amide bonds. The molecule has 0 aliphatic carbocycles. The van der Waals surface area contributed by atoms with Crippen LogP contribution in [0.25, 0.3) is 0 Å². The summed E-state index contributed by atoms with van der Waals surface area (Å²) in [7, 11) is -7.53. The van der Waals surface area contributed by atoms with E-state index < -0.39 is 26.2 Å². The highest BCUT2D eigenvalue weighted by Gasteiger charge is 2.40. The molecule has 14 heteroatoms. The Morgan fingerprint density at radius 2 is 0.783 bits per heavy atom. The van der Waals surface area contributed by atoms with Crippen LogP contribution in [0, 0.1) is 0 Å². The zero-order chi connectivity index (χ0) is 34.4. The molecule has 10 nitrogen and oxygen atoms in total. The fraction of sp³-hybridized carbons (Fsp3) is 1.00. The third-order valence-corrected chi connectivity index (χ3v) is 19.2. The highest BCUT2D eigenvalue weighted by molar-refractivity contribution is 6.66. The van der Waals surface area contributed by atoms with Crippen LogP contribution in [0.2, 0.25) is 30.7 Å². The van der Waals surface area contributed by atoms with Crippen molar-refractivity contribution in [2.75, 3.05) is 65.9 Å². The van der Waals surface area contributed by atoms with Crippen molar-refractivity contribution in [3.63, 3.8) is 0 Å². The molecule has 2 N–H and O–H groups in total. The van der Waals surface area contributed by atoms with Crippen LogP contribution in [0.4, 0.5) is 0 Å². The van der Waals surface area contributed by atoms with Crippen molar-refractivity contribution in [1.82, 2.24) is 10.6 Å². The van der Waals surface area contributed by atoms with Crippen molar-refractivity contribution in [3.8, 4) is 0 Å². The Labute approximate surface area is 290 Å². The second kappa shape index (κ2) is 30.3. The molecule has 0 atom stereocenters. The lowest BCUT2D eigenvalue weighted by atomic mass is 10.1. The predicted molar refractivity (Wildman–Crippen MR) is 201 cm³/mol. The highest BCUT2D eigenvalue weighted by Crippen LogP contribution is 2.20. The van der Waals surface area contributed by atoms with Gasteiger partial charge in [-0.1, -0.05) is 44.6 Å². The summed E-state index contributed by atoms with van der Waals surface area (Å²) < 4.78 is 48.4. The van der Waals surface area contributed by atoms with Gasteiger partial charge in [0.25, 0.3) is 0 Å². The largest absolute Gasteiger partial charge is 0.500 e. The van der Waals surface area contributed by atoms with Gasteiger partial charge in [0.2, 0.25) is 0 Å². The Bertz CT molecular complexity index is 602. The maximum absolute atomic E-state index is 6.07. The van der Waals surface area contributed by atoms with Crippen LogP contribution in [-0.2, 0) is 35.4 Å². The van der Waals surface area contributed by atoms with Crippen molar-refractivity contribution in [2.24, 2.45) is 0 Å². The van der Waals surface area contributed by atoms with Crippen LogP contribution in [0.5, 0.6) is 0 Å². The van der Waals surface area contributed by atoms with E-state index in [9.17, 15) is 0 Å². The zero-order valence-corrected chi connectivity index (χ0v) is 36.0. The molecule has 0 bridgehead atoms. The van der Waals surface area contributed by atoms with Crippen LogP contribution in [-0.4, -0.2) is 107 Å². The third kappa shape index (κ3) is 22.2. The molecule has 0 radical (unpaired) electrons. The van der Waals surface area contributed by atoms with E-state index in [1.807, 2.05) is 41.5 Å². The molecule has 278 valence electrons. The van der Waals surface area contributed by atoms with E-state index in [0.717, 1.165) is 57.3 Å². The monoisotopic (exact) mass is 728 g/mol. The Morgan fingerprint density at radius 3 is 1.15 bits per heavy atom. The summed E-state index contributed by atoms with van der Waals surface area (Å²) in [5, 5.41) is 7.70. The van der Waals surface area contributed by atoms with Gasteiger partial charge in [0.15, 0.2) is 0 Å². The predicted octanol–water partition coefficient (Wildman–Crippen LogP) is 6.40. The van der Waals surface area contributed by atoms with E-state index in [1.54, 1.807) is 0 Å². The average Bonchev–Trinajstić information content (AvgIpc) is 3.01. The highest BCUT2D eigenvalue weighted by atomic mass is 28.4. The molecule has 0 fully saturated rings. The van der Waals surface area contributed by atoms with Crippen LogP contribution < -0.4 is 10.6 Å². The molecular formula is C32H76N2O8Si4. The molecule has 0 aliphatic heterocycles. The summed E-state index contributed by atoms with van der Waals surface area (Å²) in [4.78, 5) is 0. The molecule has 0 aliphatic rings. The molecule has 0 aromatic carbocycles. The summed E-state index contributed by atoms with van der Waals surface area (Å²) in [6.07, 6.45) is 9.71. The lowest BCUT2D eigenvalue weighted by Gasteiger charge is -2.29. The minimum absolute atomic E-state index is 0.346. The van der Waals surface area contributed by atoms with Gasteiger partial charge in [0.05, 0.1) is 9.52 Å². The molecule has 0 heterocycles. The molecule has 0 unspecified atom stereocenters. The van der Waals surface area contributed by atoms with Crippen molar-refractivity contribution in [2.45, 2.75) is 143 Å². The summed E-state index contributed by atoms with van der Waals surface area (Å²) in [6.45, 7) is 25.6. The van der Waals surface area contributed by atoms with E-state index in [4.69, 9.17) is 35.4 Å². The lowest BCUT2D eigenvalue weighted by molar-refractivity contribution is 0.0701. The first-order chi connectivity index (χ1) is 22.3. The Kier molecular flexibility index (Phi) is 30.6. The van der Waals surface area contributed by atoms with Crippen molar-refractivity contribution in [1.29, 1.82) is 0 Å². The Hall–Kier alpha value is 0.468. The molecule has 0 aromatic rings.